The number of ether oxygens (including phenoxy) is 1. The number of rotatable bonds is 4. The lowest BCUT2D eigenvalue weighted by Gasteiger charge is -2.14. The third kappa shape index (κ3) is 3.66. The van der Waals surface area contributed by atoms with Crippen molar-refractivity contribution in [3.05, 3.63) is 61.8 Å². The highest BCUT2D eigenvalue weighted by Gasteiger charge is 2.25. The fraction of sp³-hybridized carbons (Fsp3) is 0.278. The van der Waals surface area contributed by atoms with E-state index >= 15 is 0 Å². The molecule has 7 heteroatoms. The smallest absolute Gasteiger partial charge is 0.359 e. The second-order valence-corrected chi connectivity index (χ2v) is 6.99. The minimum absolute atomic E-state index is 0.0166. The molecule has 1 aromatic carbocycles. The monoisotopic (exact) mass is 397 g/mol. The van der Waals surface area contributed by atoms with Crippen LogP contribution in [0.15, 0.2) is 24.4 Å². The molecule has 0 spiro atoms. The highest BCUT2D eigenvalue weighted by atomic mass is 35.5. The Kier molecular flexibility index (Phi) is 5.32. The molecular weight excluding hydrogens is 385 g/mol. The molecule has 0 N–H and O–H groups in total. The molecule has 1 aromatic heterocycles. The van der Waals surface area contributed by atoms with Crippen LogP contribution in [0.5, 0.6) is 0 Å². The summed E-state index contributed by atoms with van der Waals surface area (Å²) in [5.41, 5.74) is 2.80. The third-order valence-corrected chi connectivity index (χ3v) is 5.39. The normalized spacial score (nSPS) is 14.1. The van der Waals surface area contributed by atoms with Gasteiger partial charge in [-0.1, -0.05) is 46.9 Å². The summed E-state index contributed by atoms with van der Waals surface area (Å²) in [6.45, 7) is 1.51. The van der Waals surface area contributed by atoms with Crippen molar-refractivity contribution >= 4 is 46.6 Å². The number of hydrogen-bond donors (Lipinski definition) is 0. The van der Waals surface area contributed by atoms with Crippen molar-refractivity contribution in [1.82, 2.24) is 4.98 Å². The highest BCUT2D eigenvalue weighted by Crippen LogP contribution is 2.31. The van der Waals surface area contributed by atoms with Gasteiger partial charge in [0, 0.05) is 11.8 Å². The van der Waals surface area contributed by atoms with Crippen molar-refractivity contribution < 1.29 is 14.3 Å². The van der Waals surface area contributed by atoms with Crippen molar-refractivity contribution in [3.63, 3.8) is 0 Å². The number of carbonyl (C=O) groups is 2. The maximum Gasteiger partial charge on any atom is 0.359 e. The van der Waals surface area contributed by atoms with Crippen LogP contribution in [-0.2, 0) is 17.6 Å². The van der Waals surface area contributed by atoms with Crippen molar-refractivity contribution in [3.8, 4) is 0 Å². The van der Waals surface area contributed by atoms with Gasteiger partial charge in [-0.3, -0.25) is 4.79 Å². The van der Waals surface area contributed by atoms with Crippen LogP contribution in [0.3, 0.4) is 0 Å². The molecule has 0 saturated carbocycles. The Morgan fingerprint density at radius 3 is 2.60 bits per heavy atom. The number of aromatic nitrogens is 1. The molecule has 3 rings (SSSR count). The quantitative estimate of drug-likeness (QED) is 0.539. The minimum atomic E-state index is -0.973. The molecule has 130 valence electrons. The summed E-state index contributed by atoms with van der Waals surface area (Å²) in [5, 5.41) is 0.0460. The predicted octanol–water partition coefficient (Wildman–Crippen LogP) is 4.96. The van der Waals surface area contributed by atoms with E-state index in [1.807, 2.05) is 12.1 Å². The number of halogens is 3. The lowest BCUT2D eigenvalue weighted by molar-refractivity contribution is 0.0313. The van der Waals surface area contributed by atoms with E-state index in [4.69, 9.17) is 39.5 Å². The summed E-state index contributed by atoms with van der Waals surface area (Å²) >= 11 is 17.7. The lowest BCUT2D eigenvalue weighted by Crippen LogP contribution is -2.25. The van der Waals surface area contributed by atoms with E-state index in [2.05, 4.69) is 4.98 Å². The first-order chi connectivity index (χ1) is 11.9. The van der Waals surface area contributed by atoms with Gasteiger partial charge in [-0.2, -0.15) is 0 Å². The molecule has 0 saturated heterocycles. The van der Waals surface area contributed by atoms with Gasteiger partial charge < -0.3 is 4.74 Å². The van der Waals surface area contributed by atoms with Crippen LogP contribution in [0.25, 0.3) is 0 Å². The summed E-state index contributed by atoms with van der Waals surface area (Å²) < 4.78 is 5.21. The first kappa shape index (κ1) is 18.2. The zero-order valence-corrected chi connectivity index (χ0v) is 15.6. The molecule has 0 amide bonds. The number of benzene rings is 1. The molecule has 1 aliphatic rings. The molecule has 0 fully saturated rings. The minimum Gasteiger partial charge on any atom is -0.449 e. The second kappa shape index (κ2) is 7.32. The van der Waals surface area contributed by atoms with Crippen LogP contribution in [0.2, 0.25) is 15.1 Å². The van der Waals surface area contributed by atoms with Gasteiger partial charge in [0.25, 0.3) is 0 Å². The molecule has 1 atom stereocenters. The Balaban J connectivity index is 1.75. The Morgan fingerprint density at radius 1 is 1.12 bits per heavy atom. The van der Waals surface area contributed by atoms with E-state index in [1.54, 1.807) is 6.07 Å². The fourth-order valence-electron chi connectivity index (χ4n) is 2.82. The average Bonchev–Trinajstić information content (AvgIpc) is 3.06. The molecule has 1 aliphatic carbocycles. The van der Waals surface area contributed by atoms with Crippen molar-refractivity contribution in [2.24, 2.45) is 0 Å². The number of carbonyl (C=O) groups excluding carboxylic acids is 2. The maximum absolute atomic E-state index is 12.5. The van der Waals surface area contributed by atoms with Crippen LogP contribution >= 0.6 is 34.8 Å². The van der Waals surface area contributed by atoms with Crippen LogP contribution < -0.4 is 0 Å². The maximum atomic E-state index is 12.5. The standard InChI is InChI=1S/C18H14Cl3NO3/c1-9(17(23)12-6-5-10-3-2-4-11(10)7-12)25-18(24)16-15(21)14(20)13(19)8-22-16/h5-9H,2-4H2,1H3/t9-/m1/s1. The van der Waals surface area contributed by atoms with Crippen LogP contribution in [0.4, 0.5) is 0 Å². The lowest BCUT2D eigenvalue weighted by atomic mass is 10.0. The second-order valence-electron chi connectivity index (χ2n) is 5.83. The highest BCUT2D eigenvalue weighted by molar-refractivity contribution is 6.48. The number of esters is 1. The van der Waals surface area contributed by atoms with Crippen molar-refractivity contribution in [2.75, 3.05) is 0 Å². The molecule has 4 nitrogen and oxygen atoms in total. The van der Waals surface area contributed by atoms with Crippen LogP contribution in [0, 0.1) is 0 Å². The van der Waals surface area contributed by atoms with E-state index in [1.165, 1.54) is 24.2 Å². The largest absolute Gasteiger partial charge is 0.449 e. The topological polar surface area (TPSA) is 56.3 Å². The average molecular weight is 399 g/mol. The summed E-state index contributed by atoms with van der Waals surface area (Å²) in [6, 6.07) is 5.60. The SMILES string of the molecule is C[C@@H](OC(=O)c1ncc(Cl)c(Cl)c1Cl)C(=O)c1ccc2c(c1)CCC2. The molecule has 25 heavy (non-hydrogen) atoms. The number of ketones is 1. The fourth-order valence-corrected chi connectivity index (χ4v) is 3.37. The van der Waals surface area contributed by atoms with Gasteiger partial charge in [0.2, 0.25) is 5.78 Å². The number of nitrogens with zero attached hydrogens (tertiary/aromatic N) is 1. The Labute approximate surface area is 160 Å². The molecule has 0 radical (unpaired) electrons. The first-order valence-electron chi connectivity index (χ1n) is 7.75. The van der Waals surface area contributed by atoms with Crippen molar-refractivity contribution in [1.29, 1.82) is 0 Å². The molecule has 0 bridgehead atoms. The Morgan fingerprint density at radius 2 is 1.84 bits per heavy atom. The van der Waals surface area contributed by atoms with E-state index in [0.29, 0.717) is 5.56 Å². The van der Waals surface area contributed by atoms with E-state index in [9.17, 15) is 9.59 Å². The molecule has 1 heterocycles. The number of fused-ring (bicyclic) bond motifs is 1. The van der Waals surface area contributed by atoms with Crippen molar-refractivity contribution in [2.45, 2.75) is 32.3 Å². The van der Waals surface area contributed by atoms with Gasteiger partial charge in [0.15, 0.2) is 11.8 Å². The molecule has 0 aliphatic heterocycles. The Hall–Kier alpha value is -1.62. The summed E-state index contributed by atoms with van der Waals surface area (Å²) in [5.74, 6) is -1.11. The third-order valence-electron chi connectivity index (χ3n) is 4.15. The number of pyridine rings is 1. The molecule has 2 aromatic rings. The zero-order valence-electron chi connectivity index (χ0n) is 13.3. The zero-order chi connectivity index (χ0) is 18.1. The molecular formula is C18H14Cl3NO3. The van der Waals surface area contributed by atoms with Crippen LogP contribution in [-0.4, -0.2) is 22.8 Å². The number of Topliss-reactive ketones (excluding diaryl/α,β-unsaturated/α-hetero) is 1. The molecule has 0 unspecified atom stereocenters. The first-order valence-corrected chi connectivity index (χ1v) is 8.88. The summed E-state index contributed by atoms with van der Waals surface area (Å²) in [4.78, 5) is 28.6. The predicted molar refractivity (Wildman–Crippen MR) is 96.9 cm³/mol. The van der Waals surface area contributed by atoms with E-state index < -0.39 is 12.1 Å². The van der Waals surface area contributed by atoms with E-state index in [-0.39, 0.29) is 26.5 Å². The summed E-state index contributed by atoms with van der Waals surface area (Å²) in [7, 11) is 0. The van der Waals surface area contributed by atoms with Crippen LogP contribution in [0.1, 0.15) is 45.3 Å². The number of aryl methyl sites for hydroxylation is 2. The Bertz CT molecular complexity index is 867. The van der Waals surface area contributed by atoms with Gasteiger partial charge in [-0.25, -0.2) is 9.78 Å². The van der Waals surface area contributed by atoms with E-state index in [0.717, 1.165) is 19.3 Å². The van der Waals surface area contributed by atoms with Gasteiger partial charge in [-0.15, -0.1) is 0 Å². The van der Waals surface area contributed by atoms with Gasteiger partial charge in [0.05, 0.1) is 15.1 Å². The van der Waals surface area contributed by atoms with Gasteiger partial charge >= 0.3 is 5.97 Å². The van der Waals surface area contributed by atoms with Gasteiger partial charge in [-0.05, 0) is 43.4 Å². The van der Waals surface area contributed by atoms with Gasteiger partial charge in [0.1, 0.15) is 0 Å². The number of hydrogen-bond acceptors (Lipinski definition) is 4. The summed E-state index contributed by atoms with van der Waals surface area (Å²) in [6.07, 6.45) is 3.33.